The first kappa shape index (κ1) is 16.9. The van der Waals surface area contributed by atoms with E-state index in [4.69, 9.17) is 10.8 Å². The van der Waals surface area contributed by atoms with E-state index in [0.717, 1.165) is 5.69 Å². The molecule has 0 saturated heterocycles. The van der Waals surface area contributed by atoms with Crippen LogP contribution in [0.1, 0.15) is 6.42 Å². The number of hydrogen-bond donors (Lipinski definition) is 4. The summed E-state index contributed by atoms with van der Waals surface area (Å²) in [6.45, 7) is 0.666. The molecular weight excluding hydrogens is 272 g/mol. The van der Waals surface area contributed by atoms with Crippen LogP contribution in [0.2, 0.25) is 0 Å². The van der Waals surface area contributed by atoms with E-state index in [9.17, 15) is 9.59 Å². The molecule has 0 radical (unpaired) electrons. The average molecular weight is 294 g/mol. The summed E-state index contributed by atoms with van der Waals surface area (Å²) in [5.41, 5.74) is 6.96. The van der Waals surface area contributed by atoms with Gasteiger partial charge in [-0.3, -0.25) is 9.59 Å². The molecule has 1 amide bonds. The zero-order valence-electron chi connectivity index (χ0n) is 12.3. The van der Waals surface area contributed by atoms with Crippen LogP contribution in [-0.4, -0.2) is 50.2 Å². The van der Waals surface area contributed by atoms with Crippen molar-refractivity contribution in [2.75, 3.05) is 37.4 Å². The van der Waals surface area contributed by atoms with E-state index in [1.54, 1.807) is 12.1 Å². The third-order valence-corrected chi connectivity index (χ3v) is 2.89. The molecule has 0 bridgehead atoms. The fourth-order valence-electron chi connectivity index (χ4n) is 1.74. The third-order valence-electron chi connectivity index (χ3n) is 2.89. The van der Waals surface area contributed by atoms with Gasteiger partial charge in [0.25, 0.3) is 0 Å². The average Bonchev–Trinajstić information content (AvgIpc) is 2.43. The molecule has 0 aliphatic rings. The summed E-state index contributed by atoms with van der Waals surface area (Å²) < 4.78 is 0. The van der Waals surface area contributed by atoms with Gasteiger partial charge in [-0.05, 0) is 24.3 Å². The van der Waals surface area contributed by atoms with Gasteiger partial charge in [-0.2, -0.15) is 0 Å². The monoisotopic (exact) mass is 294 g/mol. The standard InChI is InChI=1S/C14H22N4O3/c1-18(2)11-5-3-10(4-6-11)17-13(19)9-12(14(20)21)16-8-7-15/h3-6,12,16H,7-9,15H2,1-2H3,(H,17,19)(H,20,21). The fraction of sp³-hybridized carbons (Fsp3) is 0.429. The van der Waals surface area contributed by atoms with E-state index in [-0.39, 0.29) is 12.3 Å². The summed E-state index contributed by atoms with van der Waals surface area (Å²) in [6.07, 6.45) is -0.148. The molecule has 7 heteroatoms. The first-order valence-electron chi connectivity index (χ1n) is 6.67. The van der Waals surface area contributed by atoms with Crippen LogP contribution in [0.3, 0.4) is 0 Å². The molecule has 0 saturated carbocycles. The smallest absolute Gasteiger partial charge is 0.321 e. The van der Waals surface area contributed by atoms with Crippen LogP contribution in [0.4, 0.5) is 11.4 Å². The largest absolute Gasteiger partial charge is 0.480 e. The maximum Gasteiger partial charge on any atom is 0.321 e. The minimum absolute atomic E-state index is 0.148. The van der Waals surface area contributed by atoms with Crippen LogP contribution in [0.25, 0.3) is 0 Å². The van der Waals surface area contributed by atoms with Crippen molar-refractivity contribution in [3.63, 3.8) is 0 Å². The molecule has 1 atom stereocenters. The van der Waals surface area contributed by atoms with Crippen molar-refractivity contribution in [1.82, 2.24) is 5.32 Å². The van der Waals surface area contributed by atoms with Gasteiger partial charge in [0.1, 0.15) is 6.04 Å². The van der Waals surface area contributed by atoms with Crippen molar-refractivity contribution in [1.29, 1.82) is 0 Å². The van der Waals surface area contributed by atoms with Crippen LogP contribution in [0.15, 0.2) is 24.3 Å². The highest BCUT2D eigenvalue weighted by molar-refractivity contribution is 5.94. The fourth-order valence-corrected chi connectivity index (χ4v) is 1.74. The van der Waals surface area contributed by atoms with E-state index in [1.165, 1.54) is 0 Å². The Morgan fingerprint density at radius 2 is 1.90 bits per heavy atom. The second kappa shape index (κ2) is 8.23. The molecule has 0 fully saturated rings. The number of rotatable bonds is 8. The minimum Gasteiger partial charge on any atom is -0.480 e. The molecule has 5 N–H and O–H groups in total. The Labute approximate surface area is 124 Å². The molecule has 1 aromatic rings. The summed E-state index contributed by atoms with van der Waals surface area (Å²) in [5.74, 6) is -1.42. The van der Waals surface area contributed by atoms with Crippen LogP contribution in [0, 0.1) is 0 Å². The second-order valence-corrected chi connectivity index (χ2v) is 4.83. The first-order chi connectivity index (χ1) is 9.93. The van der Waals surface area contributed by atoms with Gasteiger partial charge in [0.15, 0.2) is 0 Å². The number of nitrogens with zero attached hydrogens (tertiary/aromatic N) is 1. The predicted octanol–water partition coefficient (Wildman–Crippen LogP) is 0.0827. The van der Waals surface area contributed by atoms with Gasteiger partial charge in [-0.15, -0.1) is 0 Å². The number of aliphatic carboxylic acids is 1. The maximum atomic E-state index is 11.9. The van der Waals surface area contributed by atoms with E-state index in [1.807, 2.05) is 31.1 Å². The Morgan fingerprint density at radius 1 is 1.29 bits per heavy atom. The second-order valence-electron chi connectivity index (χ2n) is 4.83. The van der Waals surface area contributed by atoms with Gasteiger partial charge in [-0.1, -0.05) is 0 Å². The topological polar surface area (TPSA) is 108 Å². The van der Waals surface area contributed by atoms with Gasteiger partial charge >= 0.3 is 5.97 Å². The van der Waals surface area contributed by atoms with E-state index >= 15 is 0 Å². The van der Waals surface area contributed by atoms with Crippen LogP contribution < -0.4 is 21.3 Å². The van der Waals surface area contributed by atoms with Crippen molar-refractivity contribution in [2.24, 2.45) is 5.73 Å². The van der Waals surface area contributed by atoms with Gasteiger partial charge in [0.2, 0.25) is 5.91 Å². The van der Waals surface area contributed by atoms with Crippen molar-refractivity contribution in [3.05, 3.63) is 24.3 Å². The van der Waals surface area contributed by atoms with Crippen molar-refractivity contribution in [3.8, 4) is 0 Å². The third kappa shape index (κ3) is 5.80. The number of anilines is 2. The number of nitrogens with two attached hydrogens (primary N) is 1. The van der Waals surface area contributed by atoms with Gasteiger partial charge in [0, 0.05) is 38.6 Å². The van der Waals surface area contributed by atoms with Gasteiger partial charge < -0.3 is 26.4 Å². The van der Waals surface area contributed by atoms with Crippen molar-refractivity contribution < 1.29 is 14.7 Å². The summed E-state index contributed by atoms with van der Waals surface area (Å²) in [4.78, 5) is 24.8. The summed E-state index contributed by atoms with van der Waals surface area (Å²) in [5, 5.41) is 14.4. The van der Waals surface area contributed by atoms with Crippen molar-refractivity contribution in [2.45, 2.75) is 12.5 Å². The molecule has 7 nitrogen and oxygen atoms in total. The SMILES string of the molecule is CN(C)c1ccc(NC(=O)CC(NCCN)C(=O)O)cc1. The molecular formula is C14H22N4O3. The Balaban J connectivity index is 2.57. The Morgan fingerprint density at radius 3 is 2.38 bits per heavy atom. The molecule has 1 unspecified atom stereocenters. The zero-order valence-corrected chi connectivity index (χ0v) is 12.3. The zero-order chi connectivity index (χ0) is 15.8. The molecule has 1 rings (SSSR count). The maximum absolute atomic E-state index is 11.9. The highest BCUT2D eigenvalue weighted by atomic mass is 16.4. The first-order valence-corrected chi connectivity index (χ1v) is 6.67. The Bertz CT molecular complexity index is 474. The Kier molecular flexibility index (Phi) is 6.64. The molecule has 0 aliphatic carbocycles. The lowest BCUT2D eigenvalue weighted by molar-refractivity contribution is -0.141. The summed E-state index contributed by atoms with van der Waals surface area (Å²) >= 11 is 0. The predicted molar refractivity (Wildman–Crippen MR) is 82.5 cm³/mol. The van der Waals surface area contributed by atoms with E-state index < -0.39 is 12.0 Å². The number of benzene rings is 1. The number of nitrogens with one attached hydrogen (secondary N) is 2. The molecule has 0 spiro atoms. The normalized spacial score (nSPS) is 11.8. The molecule has 1 aromatic carbocycles. The van der Waals surface area contributed by atoms with E-state index in [2.05, 4.69) is 10.6 Å². The molecule has 116 valence electrons. The minimum atomic E-state index is -1.07. The molecule has 21 heavy (non-hydrogen) atoms. The molecule has 0 heterocycles. The number of carboxylic acids is 1. The summed E-state index contributed by atoms with van der Waals surface area (Å²) in [7, 11) is 3.85. The number of carboxylic acid groups (broad SMARTS) is 1. The lowest BCUT2D eigenvalue weighted by Gasteiger charge is -2.15. The highest BCUT2D eigenvalue weighted by Gasteiger charge is 2.20. The molecule has 0 aromatic heterocycles. The Hall–Kier alpha value is -2.12. The number of carbonyl (C=O) groups is 2. The van der Waals surface area contributed by atoms with Crippen LogP contribution in [0.5, 0.6) is 0 Å². The lowest BCUT2D eigenvalue weighted by atomic mass is 10.2. The number of carbonyl (C=O) groups excluding carboxylic acids is 1. The van der Waals surface area contributed by atoms with Crippen LogP contribution >= 0.6 is 0 Å². The van der Waals surface area contributed by atoms with Gasteiger partial charge in [0.05, 0.1) is 6.42 Å². The summed E-state index contributed by atoms with van der Waals surface area (Å²) in [6, 6.07) is 6.36. The quantitative estimate of drug-likeness (QED) is 0.541. The van der Waals surface area contributed by atoms with E-state index in [0.29, 0.717) is 18.8 Å². The molecule has 0 aliphatic heterocycles. The number of amides is 1. The van der Waals surface area contributed by atoms with Crippen LogP contribution in [-0.2, 0) is 9.59 Å². The highest BCUT2D eigenvalue weighted by Crippen LogP contribution is 2.15. The van der Waals surface area contributed by atoms with Crippen molar-refractivity contribution >= 4 is 23.3 Å². The lowest BCUT2D eigenvalue weighted by Crippen LogP contribution is -2.41. The number of hydrogen-bond acceptors (Lipinski definition) is 5. The van der Waals surface area contributed by atoms with Gasteiger partial charge in [-0.25, -0.2) is 0 Å².